The number of halogens is 1. The van der Waals surface area contributed by atoms with Gasteiger partial charge in [-0.3, -0.25) is 4.79 Å². The summed E-state index contributed by atoms with van der Waals surface area (Å²) in [7, 11) is 0. The molecule has 0 spiro atoms. The van der Waals surface area contributed by atoms with Crippen LogP contribution >= 0.6 is 27.7 Å². The summed E-state index contributed by atoms with van der Waals surface area (Å²) in [5, 5.41) is 3.67. The Morgan fingerprint density at radius 3 is 2.65 bits per heavy atom. The normalized spacial score (nSPS) is 15.8. The van der Waals surface area contributed by atoms with Crippen LogP contribution in [0.2, 0.25) is 0 Å². The molecule has 0 fully saturated rings. The van der Waals surface area contributed by atoms with E-state index in [0.29, 0.717) is 21.4 Å². The zero-order valence-corrected chi connectivity index (χ0v) is 14.3. The van der Waals surface area contributed by atoms with Crippen LogP contribution in [-0.2, 0) is 4.79 Å². The van der Waals surface area contributed by atoms with Gasteiger partial charge in [-0.15, -0.1) is 0 Å². The molecule has 7 heteroatoms. The zero-order valence-electron chi connectivity index (χ0n) is 11.9. The summed E-state index contributed by atoms with van der Waals surface area (Å²) in [6.07, 6.45) is 1.75. The number of benzene rings is 2. The van der Waals surface area contributed by atoms with E-state index >= 15 is 0 Å². The summed E-state index contributed by atoms with van der Waals surface area (Å²) in [6, 6.07) is 12.9. The van der Waals surface area contributed by atoms with Crippen LogP contribution in [0.4, 0.5) is 17.1 Å². The van der Waals surface area contributed by atoms with E-state index < -0.39 is 0 Å². The average molecular weight is 389 g/mol. The van der Waals surface area contributed by atoms with Gasteiger partial charge in [0.2, 0.25) is 0 Å². The van der Waals surface area contributed by atoms with Crippen LogP contribution < -0.4 is 16.8 Å². The molecule has 1 amide bonds. The summed E-state index contributed by atoms with van der Waals surface area (Å²) in [4.78, 5) is 16.6. The molecule has 2 aromatic carbocycles. The quantitative estimate of drug-likeness (QED) is 0.538. The van der Waals surface area contributed by atoms with E-state index in [1.54, 1.807) is 18.2 Å². The van der Waals surface area contributed by atoms with Crippen LogP contribution in [0.25, 0.3) is 6.08 Å². The van der Waals surface area contributed by atoms with Crippen LogP contribution in [0.1, 0.15) is 5.56 Å². The van der Waals surface area contributed by atoms with Crippen LogP contribution in [0.15, 0.2) is 56.8 Å². The Labute approximate surface area is 146 Å². The van der Waals surface area contributed by atoms with Crippen LogP contribution in [0.3, 0.4) is 0 Å². The summed E-state index contributed by atoms with van der Waals surface area (Å²) in [5.41, 5.74) is 14.1. The number of rotatable bonds is 2. The molecule has 0 saturated heterocycles. The molecule has 0 radical (unpaired) electrons. The smallest absolute Gasteiger partial charge is 0.286 e. The molecule has 1 aliphatic rings. The number of para-hydroxylation sites is 1. The minimum atomic E-state index is -0.278. The van der Waals surface area contributed by atoms with Crippen molar-refractivity contribution in [2.24, 2.45) is 4.99 Å². The number of carbonyl (C=O) groups is 1. The molecule has 0 atom stereocenters. The summed E-state index contributed by atoms with van der Waals surface area (Å²) < 4.78 is 0.902. The lowest BCUT2D eigenvalue weighted by molar-refractivity contribution is -0.113. The van der Waals surface area contributed by atoms with Gasteiger partial charge >= 0.3 is 0 Å². The van der Waals surface area contributed by atoms with Crippen molar-refractivity contribution in [3.63, 3.8) is 0 Å². The number of nitrogens with zero attached hydrogens (tertiary/aromatic N) is 1. The van der Waals surface area contributed by atoms with Gasteiger partial charge in [-0.2, -0.15) is 4.99 Å². The molecular weight excluding hydrogens is 376 g/mol. The number of nitrogens with two attached hydrogens (primary N) is 2. The number of hydrogen-bond donors (Lipinski definition) is 3. The molecule has 23 heavy (non-hydrogen) atoms. The lowest BCUT2D eigenvalue weighted by Crippen LogP contribution is -2.05. The molecular formula is C16H13BrN4OS. The first kappa shape index (κ1) is 15.6. The number of anilines is 3. The summed E-state index contributed by atoms with van der Waals surface area (Å²) in [6.45, 7) is 0. The number of carbonyl (C=O) groups excluding carboxylic acids is 1. The largest absolute Gasteiger partial charge is 0.397 e. The second-order valence-corrected chi connectivity index (χ2v) is 6.71. The topological polar surface area (TPSA) is 93.5 Å². The average Bonchev–Trinajstić information content (AvgIpc) is 2.85. The van der Waals surface area contributed by atoms with Gasteiger partial charge in [-0.25, -0.2) is 0 Å². The van der Waals surface area contributed by atoms with Gasteiger partial charge in [0.25, 0.3) is 5.91 Å². The van der Waals surface area contributed by atoms with Crippen molar-refractivity contribution in [1.82, 2.24) is 0 Å². The maximum atomic E-state index is 12.0. The molecule has 3 rings (SSSR count). The third-order valence-electron chi connectivity index (χ3n) is 3.14. The first-order chi connectivity index (χ1) is 11.0. The highest BCUT2D eigenvalue weighted by molar-refractivity contribution is 9.10. The van der Waals surface area contributed by atoms with E-state index in [0.717, 1.165) is 15.7 Å². The third kappa shape index (κ3) is 3.57. The Hall–Kier alpha value is -2.25. The van der Waals surface area contributed by atoms with Gasteiger partial charge in [0.15, 0.2) is 5.17 Å². The predicted octanol–water partition coefficient (Wildman–Crippen LogP) is 3.70. The SMILES string of the molecule is Nc1ccc(C=C2SC(Nc3ccccc3Br)=NC2=O)cc1N. The van der Waals surface area contributed by atoms with Gasteiger partial charge in [0.1, 0.15) is 0 Å². The molecule has 116 valence electrons. The fraction of sp³-hybridized carbons (Fsp3) is 0. The molecule has 0 saturated carbocycles. The molecule has 1 heterocycles. The Balaban J connectivity index is 1.78. The van der Waals surface area contributed by atoms with E-state index in [-0.39, 0.29) is 5.91 Å². The maximum Gasteiger partial charge on any atom is 0.286 e. The van der Waals surface area contributed by atoms with Crippen molar-refractivity contribution in [2.45, 2.75) is 0 Å². The first-order valence-corrected chi connectivity index (χ1v) is 8.33. The van der Waals surface area contributed by atoms with E-state index in [4.69, 9.17) is 11.5 Å². The molecule has 5 N–H and O–H groups in total. The van der Waals surface area contributed by atoms with Crippen molar-refractivity contribution in [3.8, 4) is 0 Å². The van der Waals surface area contributed by atoms with Crippen molar-refractivity contribution < 1.29 is 4.79 Å². The minimum absolute atomic E-state index is 0.278. The van der Waals surface area contributed by atoms with Crippen LogP contribution in [0, 0.1) is 0 Å². The van der Waals surface area contributed by atoms with Gasteiger partial charge < -0.3 is 16.8 Å². The number of nitrogens with one attached hydrogen (secondary N) is 1. The highest BCUT2D eigenvalue weighted by Gasteiger charge is 2.22. The van der Waals surface area contributed by atoms with Gasteiger partial charge in [0, 0.05) is 4.47 Å². The van der Waals surface area contributed by atoms with Crippen molar-refractivity contribution in [2.75, 3.05) is 16.8 Å². The number of thioether (sulfide) groups is 1. The fourth-order valence-electron chi connectivity index (χ4n) is 1.97. The molecule has 1 aliphatic heterocycles. The zero-order chi connectivity index (χ0) is 16.4. The van der Waals surface area contributed by atoms with Crippen LogP contribution in [0.5, 0.6) is 0 Å². The van der Waals surface area contributed by atoms with Gasteiger partial charge in [-0.1, -0.05) is 18.2 Å². The molecule has 0 aromatic heterocycles. The number of hydrogen-bond acceptors (Lipinski definition) is 5. The monoisotopic (exact) mass is 388 g/mol. The second kappa shape index (κ2) is 6.47. The Kier molecular flexibility index (Phi) is 4.40. The summed E-state index contributed by atoms with van der Waals surface area (Å²) in [5.74, 6) is -0.278. The highest BCUT2D eigenvalue weighted by atomic mass is 79.9. The first-order valence-electron chi connectivity index (χ1n) is 6.72. The van der Waals surface area contributed by atoms with Crippen molar-refractivity contribution in [1.29, 1.82) is 0 Å². The van der Waals surface area contributed by atoms with E-state index in [2.05, 4.69) is 26.2 Å². The Bertz CT molecular complexity index is 848. The number of aliphatic imine (C=N–C) groups is 1. The summed E-state index contributed by atoms with van der Waals surface area (Å²) >= 11 is 4.74. The maximum absolute atomic E-state index is 12.0. The predicted molar refractivity (Wildman–Crippen MR) is 101 cm³/mol. The molecule has 5 nitrogen and oxygen atoms in total. The van der Waals surface area contributed by atoms with E-state index in [9.17, 15) is 4.79 Å². The third-order valence-corrected chi connectivity index (χ3v) is 4.74. The Morgan fingerprint density at radius 2 is 1.91 bits per heavy atom. The van der Waals surface area contributed by atoms with E-state index in [1.165, 1.54) is 11.8 Å². The van der Waals surface area contributed by atoms with Crippen LogP contribution in [-0.4, -0.2) is 11.1 Å². The second-order valence-electron chi connectivity index (χ2n) is 4.83. The minimum Gasteiger partial charge on any atom is -0.397 e. The molecule has 0 unspecified atom stereocenters. The number of amidine groups is 1. The van der Waals surface area contributed by atoms with Crippen molar-refractivity contribution in [3.05, 3.63) is 57.4 Å². The molecule has 0 aliphatic carbocycles. The highest BCUT2D eigenvalue weighted by Crippen LogP contribution is 2.31. The fourth-order valence-corrected chi connectivity index (χ4v) is 3.18. The van der Waals surface area contributed by atoms with Crippen molar-refractivity contribution >= 4 is 61.9 Å². The lowest BCUT2D eigenvalue weighted by atomic mass is 10.1. The lowest BCUT2D eigenvalue weighted by Gasteiger charge is -2.06. The number of amides is 1. The molecule has 0 bridgehead atoms. The Morgan fingerprint density at radius 1 is 1.13 bits per heavy atom. The standard InChI is InChI=1S/C16H13BrN4OS/c17-10-3-1-2-4-13(10)20-16-21-15(22)14(23-16)8-9-5-6-11(18)12(19)7-9/h1-8H,18-19H2,(H,20,21,22). The van der Waals surface area contributed by atoms with E-state index in [1.807, 2.05) is 30.3 Å². The number of nitrogen functional groups attached to an aromatic ring is 2. The molecule has 2 aromatic rings. The van der Waals surface area contributed by atoms with Gasteiger partial charge in [0.05, 0.1) is 22.0 Å². The van der Waals surface area contributed by atoms with Gasteiger partial charge in [-0.05, 0) is 63.6 Å².